The molecule has 1 fully saturated rings. The van der Waals surface area contributed by atoms with Crippen molar-refractivity contribution in [2.75, 3.05) is 40.9 Å². The van der Waals surface area contributed by atoms with Crippen LogP contribution in [0.2, 0.25) is 0 Å². The minimum atomic E-state index is -0.676. The molecular formula is C25H31FN2O3. The van der Waals surface area contributed by atoms with Crippen molar-refractivity contribution in [2.45, 2.75) is 25.7 Å². The molecule has 1 heterocycles. The number of piperidine rings is 1. The Morgan fingerprint density at radius 1 is 1.13 bits per heavy atom. The number of hydrogen-bond donors (Lipinski definition) is 0. The molecule has 0 radical (unpaired) electrons. The number of nitrogens with zero attached hydrogens (tertiary/aromatic N) is 2. The van der Waals surface area contributed by atoms with Gasteiger partial charge in [0, 0.05) is 34.3 Å². The number of halogens is 1. The van der Waals surface area contributed by atoms with E-state index in [0.29, 0.717) is 32.5 Å². The highest BCUT2D eigenvalue weighted by atomic mass is 19.1. The summed E-state index contributed by atoms with van der Waals surface area (Å²) in [6.45, 7) is 1.44. The maximum absolute atomic E-state index is 13.7. The standard InChI is InChI=1S/C25H31FN2O3/c1-27(2)24(30)25(12-6-13-28(18-25)23(29)11-14-31-3)17-19-7-4-8-20(15-19)21-9-5-10-22(26)16-21/h4-5,7-10,15-16H,6,11-14,17-18H2,1-3H3/t25-/m1/s1. The Kier molecular flexibility index (Phi) is 7.44. The average Bonchev–Trinajstić information content (AvgIpc) is 2.77. The van der Waals surface area contributed by atoms with E-state index < -0.39 is 5.41 Å². The number of hydrogen-bond acceptors (Lipinski definition) is 3. The van der Waals surface area contributed by atoms with Crippen molar-refractivity contribution >= 4 is 11.8 Å². The summed E-state index contributed by atoms with van der Waals surface area (Å²) in [4.78, 5) is 29.4. The van der Waals surface area contributed by atoms with Crippen LogP contribution in [0.1, 0.15) is 24.8 Å². The molecule has 1 saturated heterocycles. The highest BCUT2D eigenvalue weighted by Crippen LogP contribution is 2.36. The lowest BCUT2D eigenvalue weighted by Crippen LogP contribution is -2.54. The molecule has 0 spiro atoms. The van der Waals surface area contributed by atoms with E-state index in [9.17, 15) is 14.0 Å². The Balaban J connectivity index is 1.89. The predicted molar refractivity (Wildman–Crippen MR) is 119 cm³/mol. The van der Waals surface area contributed by atoms with Crippen LogP contribution < -0.4 is 0 Å². The van der Waals surface area contributed by atoms with Gasteiger partial charge < -0.3 is 14.5 Å². The number of benzene rings is 2. The predicted octanol–water partition coefficient (Wildman–Crippen LogP) is 3.77. The Morgan fingerprint density at radius 3 is 2.52 bits per heavy atom. The second-order valence-corrected chi connectivity index (χ2v) is 8.53. The van der Waals surface area contributed by atoms with Gasteiger partial charge in [0.1, 0.15) is 5.82 Å². The van der Waals surface area contributed by atoms with Gasteiger partial charge in [-0.1, -0.05) is 36.4 Å². The number of carbonyl (C=O) groups excluding carboxylic acids is 2. The summed E-state index contributed by atoms with van der Waals surface area (Å²) in [6.07, 6.45) is 2.35. The van der Waals surface area contributed by atoms with Crippen molar-refractivity contribution < 1.29 is 18.7 Å². The summed E-state index contributed by atoms with van der Waals surface area (Å²) in [5.74, 6) is -0.224. The molecule has 2 amide bonds. The summed E-state index contributed by atoms with van der Waals surface area (Å²) < 4.78 is 18.7. The molecule has 0 N–H and O–H groups in total. The first kappa shape index (κ1) is 22.9. The molecule has 31 heavy (non-hydrogen) atoms. The fraction of sp³-hybridized carbons (Fsp3) is 0.440. The van der Waals surface area contributed by atoms with Gasteiger partial charge in [-0.25, -0.2) is 4.39 Å². The molecule has 166 valence electrons. The van der Waals surface area contributed by atoms with Crippen LogP contribution in [0.3, 0.4) is 0 Å². The molecular weight excluding hydrogens is 395 g/mol. The van der Waals surface area contributed by atoms with Gasteiger partial charge in [-0.2, -0.15) is 0 Å². The Morgan fingerprint density at radius 2 is 1.84 bits per heavy atom. The van der Waals surface area contributed by atoms with Crippen molar-refractivity contribution in [3.63, 3.8) is 0 Å². The van der Waals surface area contributed by atoms with Gasteiger partial charge in [0.15, 0.2) is 0 Å². The zero-order chi connectivity index (χ0) is 22.4. The summed E-state index contributed by atoms with van der Waals surface area (Å²) >= 11 is 0. The topological polar surface area (TPSA) is 49.9 Å². The van der Waals surface area contributed by atoms with Crippen LogP contribution in [0.5, 0.6) is 0 Å². The maximum atomic E-state index is 13.7. The van der Waals surface area contributed by atoms with Crippen LogP contribution in [0.4, 0.5) is 4.39 Å². The summed E-state index contributed by atoms with van der Waals surface area (Å²) in [7, 11) is 5.10. The summed E-state index contributed by atoms with van der Waals surface area (Å²) in [5, 5.41) is 0. The number of methoxy groups -OCH3 is 1. The highest BCUT2D eigenvalue weighted by Gasteiger charge is 2.44. The van der Waals surface area contributed by atoms with Gasteiger partial charge in [0.2, 0.25) is 11.8 Å². The van der Waals surface area contributed by atoms with Crippen molar-refractivity contribution in [3.8, 4) is 11.1 Å². The van der Waals surface area contributed by atoms with Gasteiger partial charge in [-0.3, -0.25) is 9.59 Å². The fourth-order valence-corrected chi connectivity index (χ4v) is 4.48. The van der Waals surface area contributed by atoms with E-state index in [4.69, 9.17) is 4.74 Å². The lowest BCUT2D eigenvalue weighted by molar-refractivity contribution is -0.147. The van der Waals surface area contributed by atoms with Crippen LogP contribution in [-0.2, 0) is 20.7 Å². The normalized spacial score (nSPS) is 18.6. The molecule has 1 atom stereocenters. The van der Waals surface area contributed by atoms with Crippen molar-refractivity contribution in [1.82, 2.24) is 9.80 Å². The molecule has 1 aliphatic heterocycles. The maximum Gasteiger partial charge on any atom is 0.230 e. The molecule has 6 heteroatoms. The Bertz CT molecular complexity index is 930. The van der Waals surface area contributed by atoms with Gasteiger partial charge in [0.05, 0.1) is 18.4 Å². The summed E-state index contributed by atoms with van der Waals surface area (Å²) in [5.41, 5.74) is 2.04. The number of ether oxygens (including phenoxy) is 1. The first-order valence-corrected chi connectivity index (χ1v) is 10.7. The van der Waals surface area contributed by atoms with Crippen molar-refractivity contribution in [2.24, 2.45) is 5.41 Å². The lowest BCUT2D eigenvalue weighted by atomic mass is 9.73. The SMILES string of the molecule is COCCC(=O)N1CCC[C@](Cc2cccc(-c3cccc(F)c3)c2)(C(=O)N(C)C)C1. The number of amides is 2. The molecule has 3 rings (SSSR count). The van der Waals surface area contributed by atoms with Crippen LogP contribution >= 0.6 is 0 Å². The fourth-order valence-electron chi connectivity index (χ4n) is 4.48. The molecule has 0 bridgehead atoms. The van der Waals surface area contributed by atoms with Gasteiger partial charge in [-0.15, -0.1) is 0 Å². The minimum absolute atomic E-state index is 0.0194. The molecule has 0 aliphatic carbocycles. The van der Waals surface area contributed by atoms with Gasteiger partial charge >= 0.3 is 0 Å². The van der Waals surface area contributed by atoms with E-state index in [0.717, 1.165) is 29.5 Å². The largest absolute Gasteiger partial charge is 0.384 e. The molecule has 0 unspecified atom stereocenters. The lowest BCUT2D eigenvalue weighted by Gasteiger charge is -2.43. The zero-order valence-corrected chi connectivity index (χ0v) is 18.6. The number of rotatable bonds is 7. The van der Waals surface area contributed by atoms with Crippen LogP contribution in [0, 0.1) is 11.2 Å². The smallest absolute Gasteiger partial charge is 0.230 e. The van der Waals surface area contributed by atoms with Gasteiger partial charge in [0.25, 0.3) is 0 Å². The minimum Gasteiger partial charge on any atom is -0.384 e. The first-order valence-electron chi connectivity index (χ1n) is 10.7. The molecule has 5 nitrogen and oxygen atoms in total. The summed E-state index contributed by atoms with van der Waals surface area (Å²) in [6, 6.07) is 14.4. The molecule has 0 saturated carbocycles. The Hall–Kier alpha value is -2.73. The van der Waals surface area contributed by atoms with E-state index in [2.05, 4.69) is 0 Å². The van der Waals surface area contributed by atoms with E-state index in [1.165, 1.54) is 12.1 Å². The van der Waals surface area contributed by atoms with Crippen LogP contribution in [0.15, 0.2) is 48.5 Å². The Labute approximate surface area is 183 Å². The number of carbonyl (C=O) groups is 2. The van der Waals surface area contributed by atoms with Crippen LogP contribution in [0.25, 0.3) is 11.1 Å². The second kappa shape index (κ2) is 10.1. The zero-order valence-electron chi connectivity index (χ0n) is 18.6. The third-order valence-corrected chi connectivity index (χ3v) is 5.94. The van der Waals surface area contributed by atoms with Gasteiger partial charge in [-0.05, 0) is 48.1 Å². The molecule has 2 aromatic rings. The molecule has 1 aliphatic rings. The van der Waals surface area contributed by atoms with Crippen LogP contribution in [-0.4, -0.2) is 62.5 Å². The third kappa shape index (κ3) is 5.50. The first-order chi connectivity index (χ1) is 14.8. The third-order valence-electron chi connectivity index (χ3n) is 5.94. The van der Waals surface area contributed by atoms with Crippen molar-refractivity contribution in [1.29, 1.82) is 0 Å². The van der Waals surface area contributed by atoms with E-state index in [1.54, 1.807) is 37.1 Å². The second-order valence-electron chi connectivity index (χ2n) is 8.53. The van der Waals surface area contributed by atoms with Crippen molar-refractivity contribution in [3.05, 3.63) is 59.9 Å². The molecule has 0 aromatic heterocycles. The number of likely N-dealkylation sites (tertiary alicyclic amines) is 1. The van der Waals surface area contributed by atoms with E-state index >= 15 is 0 Å². The highest BCUT2D eigenvalue weighted by molar-refractivity contribution is 5.85. The monoisotopic (exact) mass is 426 g/mol. The quantitative estimate of drug-likeness (QED) is 0.677. The van der Waals surface area contributed by atoms with E-state index in [1.807, 2.05) is 30.3 Å². The molecule has 2 aromatic carbocycles. The average molecular weight is 427 g/mol. The van der Waals surface area contributed by atoms with E-state index in [-0.39, 0.29) is 17.6 Å².